The maximum Gasteiger partial charge on any atom is 0.242 e. The lowest BCUT2D eigenvalue weighted by atomic mass is 10.3. The van der Waals surface area contributed by atoms with E-state index < -0.39 is 0 Å². The van der Waals surface area contributed by atoms with Gasteiger partial charge in [0.25, 0.3) is 0 Å². The molecule has 1 aromatic rings. The van der Waals surface area contributed by atoms with E-state index >= 15 is 0 Å². The van der Waals surface area contributed by atoms with Crippen molar-refractivity contribution in [2.45, 2.75) is 6.04 Å². The van der Waals surface area contributed by atoms with Crippen LogP contribution in [0.2, 0.25) is 0 Å². The monoisotopic (exact) mass is 186 g/mol. The van der Waals surface area contributed by atoms with Crippen LogP contribution < -0.4 is 11.1 Å². The largest absolute Gasteiger partial charge is 0.383 e. The lowest BCUT2D eigenvalue weighted by Crippen LogP contribution is -2.34. The Morgan fingerprint density at radius 1 is 1.69 bits per heavy atom. The van der Waals surface area contributed by atoms with Crippen LogP contribution >= 0.6 is 0 Å². The summed E-state index contributed by atoms with van der Waals surface area (Å²) in [5.41, 5.74) is 5.51. The van der Waals surface area contributed by atoms with E-state index in [4.69, 9.17) is 10.5 Å². The van der Waals surface area contributed by atoms with Crippen LogP contribution in [0.15, 0.2) is 0 Å². The number of anilines is 1. The molecule has 0 amide bonds. The number of ether oxygens (including phenoxy) is 1. The summed E-state index contributed by atoms with van der Waals surface area (Å²) in [4.78, 5) is 0. The zero-order chi connectivity index (χ0) is 9.68. The summed E-state index contributed by atoms with van der Waals surface area (Å²) in [5.74, 6) is 0.590. The third kappa shape index (κ3) is 2.63. The number of nitrogens with one attached hydrogen (secondary N) is 1. The van der Waals surface area contributed by atoms with E-state index in [9.17, 15) is 0 Å². The first-order chi connectivity index (χ1) is 6.27. The van der Waals surface area contributed by atoms with Gasteiger partial charge in [-0.3, -0.25) is 0 Å². The molecular weight excluding hydrogens is 172 g/mol. The van der Waals surface area contributed by atoms with Crippen LogP contribution in [0.5, 0.6) is 0 Å². The van der Waals surface area contributed by atoms with Crippen molar-refractivity contribution in [1.29, 1.82) is 0 Å². The minimum atomic E-state index is 0.0368. The molecule has 0 saturated heterocycles. The number of methoxy groups -OCH3 is 1. The van der Waals surface area contributed by atoms with Gasteiger partial charge in [-0.05, 0) is 10.4 Å². The highest BCUT2D eigenvalue weighted by Gasteiger charge is 2.09. The van der Waals surface area contributed by atoms with Crippen LogP contribution in [0.3, 0.4) is 0 Å². The Balaban J connectivity index is 2.51. The van der Waals surface area contributed by atoms with Gasteiger partial charge < -0.3 is 15.8 Å². The number of nitrogens with two attached hydrogens (primary N) is 1. The van der Waals surface area contributed by atoms with Crippen LogP contribution in [0, 0.1) is 0 Å². The van der Waals surface area contributed by atoms with Crippen LogP contribution in [-0.2, 0) is 11.8 Å². The van der Waals surface area contributed by atoms with Gasteiger partial charge in [0.2, 0.25) is 5.95 Å². The standard InChI is InChI=1S/C6H14N6O/c1-12-6(9-10-11-12)8-5(3-7)4-13-2/h5H,3-4,7H2,1-2H3,(H,8,9,11). The number of nitrogens with zero attached hydrogens (tertiary/aromatic N) is 4. The molecule has 1 unspecified atom stereocenters. The predicted octanol–water partition coefficient (Wildman–Crippen LogP) is -1.40. The summed E-state index contributed by atoms with van der Waals surface area (Å²) in [5, 5.41) is 14.0. The van der Waals surface area contributed by atoms with E-state index in [0.29, 0.717) is 19.1 Å². The number of rotatable bonds is 5. The van der Waals surface area contributed by atoms with E-state index in [1.54, 1.807) is 18.8 Å². The third-order valence-corrected chi connectivity index (χ3v) is 1.61. The predicted molar refractivity (Wildman–Crippen MR) is 47.1 cm³/mol. The van der Waals surface area contributed by atoms with Crippen LogP contribution in [-0.4, -0.2) is 46.5 Å². The Kier molecular flexibility index (Phi) is 3.59. The van der Waals surface area contributed by atoms with Gasteiger partial charge in [-0.25, -0.2) is 4.68 Å². The fraction of sp³-hybridized carbons (Fsp3) is 0.833. The van der Waals surface area contributed by atoms with Gasteiger partial charge in [0.15, 0.2) is 0 Å². The van der Waals surface area contributed by atoms with E-state index in [2.05, 4.69) is 20.8 Å². The number of aryl methyl sites for hydroxylation is 1. The fourth-order valence-electron chi connectivity index (χ4n) is 0.904. The first kappa shape index (κ1) is 9.87. The van der Waals surface area contributed by atoms with E-state index in [0.717, 1.165) is 0 Å². The average Bonchev–Trinajstić information content (AvgIpc) is 2.51. The smallest absolute Gasteiger partial charge is 0.242 e. The van der Waals surface area contributed by atoms with Crippen molar-refractivity contribution < 1.29 is 4.74 Å². The van der Waals surface area contributed by atoms with Gasteiger partial charge in [-0.1, -0.05) is 5.10 Å². The van der Waals surface area contributed by atoms with Gasteiger partial charge in [-0.2, -0.15) is 0 Å². The van der Waals surface area contributed by atoms with Crippen molar-refractivity contribution in [2.24, 2.45) is 12.8 Å². The molecule has 0 aromatic carbocycles. The number of hydrogen-bond acceptors (Lipinski definition) is 6. The molecule has 0 aliphatic carbocycles. The van der Waals surface area contributed by atoms with Crippen molar-refractivity contribution >= 4 is 5.95 Å². The molecule has 74 valence electrons. The van der Waals surface area contributed by atoms with Crippen molar-refractivity contribution in [3.05, 3.63) is 0 Å². The van der Waals surface area contributed by atoms with Crippen molar-refractivity contribution in [3.8, 4) is 0 Å². The molecule has 0 saturated carbocycles. The van der Waals surface area contributed by atoms with Gasteiger partial charge in [0.1, 0.15) is 0 Å². The van der Waals surface area contributed by atoms with Crippen molar-refractivity contribution in [3.63, 3.8) is 0 Å². The molecule has 0 aliphatic heterocycles. The molecule has 3 N–H and O–H groups in total. The highest BCUT2D eigenvalue weighted by atomic mass is 16.5. The van der Waals surface area contributed by atoms with Gasteiger partial charge >= 0.3 is 0 Å². The highest BCUT2D eigenvalue weighted by Crippen LogP contribution is 1.98. The highest BCUT2D eigenvalue weighted by molar-refractivity contribution is 5.23. The van der Waals surface area contributed by atoms with E-state index in [1.165, 1.54) is 0 Å². The number of hydrogen-bond donors (Lipinski definition) is 2. The van der Waals surface area contributed by atoms with E-state index in [1.807, 2.05) is 0 Å². The normalized spacial score (nSPS) is 12.8. The molecule has 7 heteroatoms. The quantitative estimate of drug-likeness (QED) is 0.587. The van der Waals surface area contributed by atoms with Crippen LogP contribution in [0.4, 0.5) is 5.95 Å². The Morgan fingerprint density at radius 3 is 2.92 bits per heavy atom. The molecule has 1 atom stereocenters. The first-order valence-electron chi connectivity index (χ1n) is 3.95. The molecule has 0 fully saturated rings. The van der Waals surface area contributed by atoms with Crippen molar-refractivity contribution in [1.82, 2.24) is 20.2 Å². The lowest BCUT2D eigenvalue weighted by Gasteiger charge is -2.14. The molecule has 1 heterocycles. The topological polar surface area (TPSA) is 90.9 Å². The molecule has 0 aliphatic rings. The second kappa shape index (κ2) is 4.73. The minimum absolute atomic E-state index is 0.0368. The Bertz CT molecular complexity index is 249. The summed E-state index contributed by atoms with van der Waals surface area (Å²) in [6.07, 6.45) is 0. The Hall–Kier alpha value is -1.21. The summed E-state index contributed by atoms with van der Waals surface area (Å²) in [6, 6.07) is 0.0368. The molecule has 0 bridgehead atoms. The molecule has 1 rings (SSSR count). The molecule has 0 spiro atoms. The Labute approximate surface area is 76.2 Å². The zero-order valence-electron chi connectivity index (χ0n) is 7.77. The van der Waals surface area contributed by atoms with Gasteiger partial charge in [-0.15, -0.1) is 0 Å². The van der Waals surface area contributed by atoms with Gasteiger partial charge in [0.05, 0.1) is 12.6 Å². The third-order valence-electron chi connectivity index (χ3n) is 1.61. The summed E-state index contributed by atoms with van der Waals surface area (Å²) < 4.78 is 6.50. The van der Waals surface area contributed by atoms with Crippen LogP contribution in [0.1, 0.15) is 0 Å². The average molecular weight is 186 g/mol. The second-order valence-electron chi connectivity index (χ2n) is 2.66. The Morgan fingerprint density at radius 2 is 2.46 bits per heavy atom. The maximum absolute atomic E-state index is 5.51. The zero-order valence-corrected chi connectivity index (χ0v) is 7.77. The summed E-state index contributed by atoms with van der Waals surface area (Å²) >= 11 is 0. The molecule has 7 nitrogen and oxygen atoms in total. The number of tetrazole rings is 1. The maximum atomic E-state index is 5.51. The lowest BCUT2D eigenvalue weighted by molar-refractivity contribution is 0.187. The molecule has 1 aromatic heterocycles. The van der Waals surface area contributed by atoms with Gasteiger partial charge in [0, 0.05) is 20.7 Å². The molecule has 0 radical (unpaired) electrons. The molecule has 13 heavy (non-hydrogen) atoms. The molecular formula is C6H14N6O. The fourth-order valence-corrected chi connectivity index (χ4v) is 0.904. The summed E-state index contributed by atoms with van der Waals surface area (Å²) in [7, 11) is 3.38. The second-order valence-corrected chi connectivity index (χ2v) is 2.66. The minimum Gasteiger partial charge on any atom is -0.383 e. The SMILES string of the molecule is COCC(CN)Nc1nnnn1C. The summed E-state index contributed by atoms with van der Waals surface area (Å²) in [6.45, 7) is 1.00. The van der Waals surface area contributed by atoms with Crippen molar-refractivity contribution in [2.75, 3.05) is 25.6 Å². The number of aromatic nitrogens is 4. The van der Waals surface area contributed by atoms with Crippen LogP contribution in [0.25, 0.3) is 0 Å². The van der Waals surface area contributed by atoms with E-state index in [-0.39, 0.29) is 6.04 Å². The first-order valence-corrected chi connectivity index (χ1v) is 3.95.